The molecule has 1 N–H and O–H groups in total. The van der Waals surface area contributed by atoms with Crippen LogP contribution in [0, 0.1) is 0 Å². The second kappa shape index (κ2) is 5.58. The Hall–Kier alpha value is -0.120. The molecule has 0 bridgehead atoms. The van der Waals surface area contributed by atoms with Crippen molar-refractivity contribution in [3.8, 4) is 0 Å². The largest absolute Gasteiger partial charge is 0.374 e. The van der Waals surface area contributed by atoms with E-state index in [9.17, 15) is 0 Å². The lowest BCUT2D eigenvalue weighted by Gasteiger charge is -2.34. The van der Waals surface area contributed by atoms with E-state index in [0.29, 0.717) is 12.1 Å². The zero-order valence-corrected chi connectivity index (χ0v) is 9.05. The highest BCUT2D eigenvalue weighted by molar-refractivity contribution is 4.80. The van der Waals surface area contributed by atoms with Gasteiger partial charge in [-0.15, -0.1) is 0 Å². The van der Waals surface area contributed by atoms with Crippen LogP contribution in [-0.4, -0.2) is 50.8 Å². The summed E-state index contributed by atoms with van der Waals surface area (Å²) in [5, 5.41) is 3.38. The lowest BCUT2D eigenvalue weighted by Crippen LogP contribution is -2.50. The molecule has 1 aliphatic heterocycles. The third-order valence-corrected chi connectivity index (χ3v) is 2.63. The van der Waals surface area contributed by atoms with Crippen LogP contribution in [-0.2, 0) is 4.74 Å². The summed E-state index contributed by atoms with van der Waals surface area (Å²) in [7, 11) is 4.27. The smallest absolute Gasteiger partial charge is 0.0854 e. The highest BCUT2D eigenvalue weighted by atomic mass is 16.5. The molecule has 2 unspecified atom stereocenters. The summed E-state index contributed by atoms with van der Waals surface area (Å²) in [5.41, 5.74) is 0. The molecule has 3 nitrogen and oxygen atoms in total. The van der Waals surface area contributed by atoms with E-state index >= 15 is 0 Å². The lowest BCUT2D eigenvalue weighted by atomic mass is 10.0. The average molecular weight is 186 g/mol. The van der Waals surface area contributed by atoms with Crippen molar-refractivity contribution in [2.45, 2.75) is 31.9 Å². The Balaban J connectivity index is 2.41. The van der Waals surface area contributed by atoms with Gasteiger partial charge in [-0.2, -0.15) is 0 Å². The van der Waals surface area contributed by atoms with Crippen LogP contribution >= 0.6 is 0 Å². The molecule has 0 aliphatic carbocycles. The summed E-state index contributed by atoms with van der Waals surface area (Å²) in [6.45, 7) is 5.09. The fourth-order valence-corrected chi connectivity index (χ4v) is 1.91. The van der Waals surface area contributed by atoms with Gasteiger partial charge >= 0.3 is 0 Å². The summed E-state index contributed by atoms with van der Waals surface area (Å²) in [6, 6.07) is 0.567. The first-order valence-corrected chi connectivity index (χ1v) is 5.24. The summed E-state index contributed by atoms with van der Waals surface area (Å²) in [4.78, 5) is 2.28. The molecule has 0 amide bonds. The van der Waals surface area contributed by atoms with Crippen molar-refractivity contribution in [3.63, 3.8) is 0 Å². The van der Waals surface area contributed by atoms with Crippen molar-refractivity contribution in [1.82, 2.24) is 10.2 Å². The molecule has 0 aromatic heterocycles. The normalized spacial score (nSPS) is 26.3. The van der Waals surface area contributed by atoms with Crippen LogP contribution in [0.15, 0.2) is 0 Å². The van der Waals surface area contributed by atoms with E-state index in [2.05, 4.69) is 31.2 Å². The van der Waals surface area contributed by atoms with Crippen LogP contribution < -0.4 is 5.32 Å². The van der Waals surface area contributed by atoms with Gasteiger partial charge in [0.1, 0.15) is 0 Å². The Bertz CT molecular complexity index is 133. The van der Waals surface area contributed by atoms with Crippen molar-refractivity contribution in [2.75, 3.05) is 33.8 Å². The maximum Gasteiger partial charge on any atom is 0.0854 e. The number of morpholine rings is 1. The highest BCUT2D eigenvalue weighted by Crippen LogP contribution is 2.12. The summed E-state index contributed by atoms with van der Waals surface area (Å²) < 4.78 is 5.75. The van der Waals surface area contributed by atoms with Crippen LogP contribution in [0.1, 0.15) is 19.8 Å². The van der Waals surface area contributed by atoms with Crippen LogP contribution in [0.3, 0.4) is 0 Å². The Kier molecular flexibility index (Phi) is 4.70. The van der Waals surface area contributed by atoms with Gasteiger partial charge in [-0.05, 0) is 20.5 Å². The molecule has 1 rings (SSSR count). The Morgan fingerprint density at radius 1 is 1.54 bits per heavy atom. The predicted molar refractivity (Wildman–Crippen MR) is 55.0 cm³/mol. The first-order chi connectivity index (χ1) is 6.25. The molecule has 0 aromatic carbocycles. The maximum absolute atomic E-state index is 5.75. The van der Waals surface area contributed by atoms with Gasteiger partial charge in [0.15, 0.2) is 0 Å². The molecule has 13 heavy (non-hydrogen) atoms. The molecule has 1 fully saturated rings. The van der Waals surface area contributed by atoms with Crippen LogP contribution in [0.2, 0.25) is 0 Å². The number of nitrogens with one attached hydrogen (secondary N) is 1. The predicted octanol–water partition coefficient (Wildman–Crippen LogP) is 0.705. The lowest BCUT2D eigenvalue weighted by molar-refractivity contribution is -0.0226. The minimum absolute atomic E-state index is 0.378. The Morgan fingerprint density at radius 3 is 2.77 bits per heavy atom. The first-order valence-electron chi connectivity index (χ1n) is 5.24. The molecule has 0 aromatic rings. The average Bonchev–Trinajstić information content (AvgIpc) is 2.15. The summed E-state index contributed by atoms with van der Waals surface area (Å²) >= 11 is 0. The molecule has 0 spiro atoms. The molecule has 78 valence electrons. The molecule has 0 saturated carbocycles. The standard InChI is InChI=1S/C10H22N2O/c1-4-5-9(12(2)3)10-8-11-6-7-13-10/h9-11H,4-8H2,1-3H3. The van der Waals surface area contributed by atoms with E-state index < -0.39 is 0 Å². The van der Waals surface area contributed by atoms with Crippen LogP contribution in [0.5, 0.6) is 0 Å². The van der Waals surface area contributed by atoms with Crippen molar-refractivity contribution < 1.29 is 4.74 Å². The van der Waals surface area contributed by atoms with Crippen LogP contribution in [0.4, 0.5) is 0 Å². The van der Waals surface area contributed by atoms with Gasteiger partial charge in [0.25, 0.3) is 0 Å². The Labute approximate surface area is 81.4 Å². The van der Waals surface area contributed by atoms with Gasteiger partial charge in [-0.3, -0.25) is 0 Å². The van der Waals surface area contributed by atoms with E-state index in [1.807, 2.05) is 0 Å². The van der Waals surface area contributed by atoms with Gasteiger partial charge in [-0.25, -0.2) is 0 Å². The minimum atomic E-state index is 0.378. The van der Waals surface area contributed by atoms with Gasteiger partial charge < -0.3 is 15.0 Å². The first kappa shape index (κ1) is 11.0. The van der Waals surface area contributed by atoms with Gasteiger partial charge in [-0.1, -0.05) is 13.3 Å². The number of rotatable bonds is 4. The van der Waals surface area contributed by atoms with E-state index in [4.69, 9.17) is 4.74 Å². The van der Waals surface area contributed by atoms with Gasteiger partial charge in [0.2, 0.25) is 0 Å². The number of likely N-dealkylation sites (N-methyl/N-ethyl adjacent to an activating group) is 1. The van der Waals surface area contributed by atoms with E-state index in [0.717, 1.165) is 19.7 Å². The summed E-state index contributed by atoms with van der Waals surface area (Å²) in [6.07, 6.45) is 2.82. The van der Waals surface area contributed by atoms with Gasteiger partial charge in [0, 0.05) is 19.1 Å². The molecule has 1 aliphatic rings. The van der Waals surface area contributed by atoms with Crippen molar-refractivity contribution in [3.05, 3.63) is 0 Å². The quantitative estimate of drug-likeness (QED) is 0.699. The van der Waals surface area contributed by atoms with Crippen molar-refractivity contribution in [1.29, 1.82) is 0 Å². The van der Waals surface area contributed by atoms with E-state index in [1.54, 1.807) is 0 Å². The van der Waals surface area contributed by atoms with E-state index in [1.165, 1.54) is 12.8 Å². The van der Waals surface area contributed by atoms with Crippen molar-refractivity contribution >= 4 is 0 Å². The second-order valence-corrected chi connectivity index (χ2v) is 3.93. The third kappa shape index (κ3) is 3.25. The number of hydrogen-bond donors (Lipinski definition) is 1. The SMILES string of the molecule is CCCC(C1CNCCO1)N(C)C. The van der Waals surface area contributed by atoms with Gasteiger partial charge in [0.05, 0.1) is 12.7 Å². The van der Waals surface area contributed by atoms with E-state index in [-0.39, 0.29) is 0 Å². The second-order valence-electron chi connectivity index (χ2n) is 3.93. The molecule has 1 heterocycles. The fraction of sp³-hybridized carbons (Fsp3) is 1.00. The molecular weight excluding hydrogens is 164 g/mol. The van der Waals surface area contributed by atoms with Crippen LogP contribution in [0.25, 0.3) is 0 Å². The van der Waals surface area contributed by atoms with Crippen molar-refractivity contribution in [2.24, 2.45) is 0 Å². The Morgan fingerprint density at radius 2 is 2.31 bits per heavy atom. The highest BCUT2D eigenvalue weighted by Gasteiger charge is 2.24. The topological polar surface area (TPSA) is 24.5 Å². The number of nitrogens with zero attached hydrogens (tertiary/aromatic N) is 1. The zero-order chi connectivity index (χ0) is 9.68. The maximum atomic E-state index is 5.75. The molecular formula is C10H22N2O. The minimum Gasteiger partial charge on any atom is -0.374 e. The molecule has 0 radical (unpaired) electrons. The monoisotopic (exact) mass is 186 g/mol. The molecule has 1 saturated heterocycles. The zero-order valence-electron chi connectivity index (χ0n) is 9.05. The molecule has 2 atom stereocenters. The molecule has 3 heteroatoms. The number of hydrogen-bond acceptors (Lipinski definition) is 3. The fourth-order valence-electron chi connectivity index (χ4n) is 1.91. The summed E-state index contributed by atoms with van der Waals surface area (Å²) in [5.74, 6) is 0. The third-order valence-electron chi connectivity index (χ3n) is 2.63. The number of ether oxygens (including phenoxy) is 1.